The van der Waals surface area contributed by atoms with Crippen molar-refractivity contribution in [2.24, 2.45) is 0 Å². The molecule has 1 atom stereocenters. The molecule has 3 aromatic rings. The standard InChI is InChI=1S/C23H16Cl2N2O2S/c24-18-11-10-16(12-19(18)25)27-21(28)14-30-23(27)17-8-4-5-9-20(17)26(22(23)29)13-15-6-2-1-3-7-15/h1-12H,13-14H2/t23-/m0/s1. The molecule has 7 heteroatoms. The Morgan fingerprint density at radius 3 is 2.40 bits per heavy atom. The van der Waals surface area contributed by atoms with Crippen LogP contribution in [-0.4, -0.2) is 17.6 Å². The van der Waals surface area contributed by atoms with Gasteiger partial charge >= 0.3 is 0 Å². The molecule has 2 aliphatic rings. The highest BCUT2D eigenvalue weighted by molar-refractivity contribution is 8.02. The summed E-state index contributed by atoms with van der Waals surface area (Å²) >= 11 is 13.7. The van der Waals surface area contributed by atoms with Crippen LogP contribution in [0, 0.1) is 0 Å². The van der Waals surface area contributed by atoms with Crippen molar-refractivity contribution >= 4 is 58.2 Å². The summed E-state index contributed by atoms with van der Waals surface area (Å²) in [7, 11) is 0. The van der Waals surface area contributed by atoms with E-state index in [1.807, 2.05) is 54.6 Å². The lowest BCUT2D eigenvalue weighted by atomic mass is 10.0. The second-order valence-corrected chi connectivity index (χ2v) is 9.14. The molecule has 5 rings (SSSR count). The van der Waals surface area contributed by atoms with E-state index in [2.05, 4.69) is 0 Å². The van der Waals surface area contributed by atoms with Gasteiger partial charge in [-0.25, -0.2) is 0 Å². The molecule has 150 valence electrons. The first-order chi connectivity index (χ1) is 14.5. The fourth-order valence-corrected chi connectivity index (χ4v) is 5.75. The van der Waals surface area contributed by atoms with Crippen LogP contribution in [0.15, 0.2) is 72.8 Å². The van der Waals surface area contributed by atoms with Crippen molar-refractivity contribution in [3.05, 3.63) is 94.0 Å². The Labute approximate surface area is 188 Å². The molecule has 30 heavy (non-hydrogen) atoms. The van der Waals surface area contributed by atoms with Crippen LogP contribution in [0.5, 0.6) is 0 Å². The minimum atomic E-state index is -1.15. The molecule has 1 fully saturated rings. The van der Waals surface area contributed by atoms with E-state index in [1.54, 1.807) is 28.0 Å². The summed E-state index contributed by atoms with van der Waals surface area (Å²) in [5.74, 6) is -0.0583. The number of carbonyl (C=O) groups is 2. The number of rotatable bonds is 3. The normalized spacial score (nSPS) is 20.3. The van der Waals surface area contributed by atoms with Crippen molar-refractivity contribution in [2.45, 2.75) is 11.4 Å². The number of carbonyl (C=O) groups excluding carboxylic acids is 2. The second kappa shape index (κ2) is 7.34. The van der Waals surface area contributed by atoms with Gasteiger partial charge in [-0.1, -0.05) is 71.7 Å². The number of para-hydroxylation sites is 1. The Balaban J connectivity index is 1.66. The Hall–Kier alpha value is -2.47. The number of thioether (sulfide) groups is 1. The van der Waals surface area contributed by atoms with Gasteiger partial charge in [0, 0.05) is 11.3 Å². The van der Waals surface area contributed by atoms with E-state index < -0.39 is 4.87 Å². The quantitative estimate of drug-likeness (QED) is 0.526. The molecule has 0 radical (unpaired) electrons. The number of hydrogen-bond acceptors (Lipinski definition) is 3. The maximum absolute atomic E-state index is 13.9. The lowest BCUT2D eigenvalue weighted by molar-refractivity contribution is -0.123. The number of fused-ring (bicyclic) bond motifs is 2. The number of halogens is 2. The number of nitrogens with zero attached hydrogens (tertiary/aromatic N) is 2. The predicted octanol–water partition coefficient (Wildman–Crippen LogP) is 5.47. The van der Waals surface area contributed by atoms with Crippen molar-refractivity contribution < 1.29 is 9.59 Å². The second-order valence-electron chi connectivity index (χ2n) is 7.15. The first kappa shape index (κ1) is 19.5. The number of hydrogen-bond donors (Lipinski definition) is 0. The molecule has 3 aromatic carbocycles. The zero-order chi connectivity index (χ0) is 20.9. The average Bonchev–Trinajstić information content (AvgIpc) is 3.22. The summed E-state index contributed by atoms with van der Waals surface area (Å²) in [6.45, 7) is 0.433. The van der Waals surface area contributed by atoms with Crippen molar-refractivity contribution in [2.75, 3.05) is 15.6 Å². The maximum Gasteiger partial charge on any atom is 0.269 e. The van der Waals surface area contributed by atoms with Crippen LogP contribution in [-0.2, 0) is 21.0 Å². The van der Waals surface area contributed by atoms with Crippen molar-refractivity contribution in [3.63, 3.8) is 0 Å². The molecule has 2 amide bonds. The first-order valence-corrected chi connectivity index (χ1v) is 11.1. The number of anilines is 2. The summed E-state index contributed by atoms with van der Waals surface area (Å²) in [4.78, 5) is 29.1. The van der Waals surface area contributed by atoms with E-state index in [9.17, 15) is 9.59 Å². The highest BCUT2D eigenvalue weighted by atomic mass is 35.5. The topological polar surface area (TPSA) is 40.6 Å². The van der Waals surface area contributed by atoms with Gasteiger partial charge in [0.2, 0.25) is 10.8 Å². The smallest absolute Gasteiger partial charge is 0.269 e. The van der Waals surface area contributed by atoms with Gasteiger partial charge in [-0.2, -0.15) is 0 Å². The molecule has 0 aromatic heterocycles. The molecule has 0 N–H and O–H groups in total. The fraction of sp³-hybridized carbons (Fsp3) is 0.130. The van der Waals surface area contributed by atoms with Crippen LogP contribution in [0.1, 0.15) is 11.1 Å². The largest absolute Gasteiger partial charge is 0.304 e. The lowest BCUT2D eigenvalue weighted by Crippen LogP contribution is -2.49. The van der Waals surface area contributed by atoms with Crippen molar-refractivity contribution in [1.29, 1.82) is 0 Å². The molecule has 0 aliphatic carbocycles. The monoisotopic (exact) mass is 454 g/mol. The molecular weight excluding hydrogens is 439 g/mol. The van der Waals surface area contributed by atoms with Gasteiger partial charge < -0.3 is 4.90 Å². The summed E-state index contributed by atoms with van der Waals surface area (Å²) < 4.78 is 0. The van der Waals surface area contributed by atoms with Gasteiger partial charge in [-0.15, -0.1) is 11.8 Å². The maximum atomic E-state index is 13.9. The van der Waals surface area contributed by atoms with E-state index in [1.165, 1.54) is 11.8 Å². The van der Waals surface area contributed by atoms with Crippen LogP contribution in [0.3, 0.4) is 0 Å². The molecule has 0 unspecified atom stereocenters. The van der Waals surface area contributed by atoms with E-state index in [0.29, 0.717) is 22.3 Å². The molecular formula is C23H16Cl2N2O2S. The van der Waals surface area contributed by atoms with Gasteiger partial charge in [0.1, 0.15) is 0 Å². The Bertz CT molecular complexity index is 1170. The minimum Gasteiger partial charge on any atom is -0.304 e. The van der Waals surface area contributed by atoms with Gasteiger partial charge in [-0.3, -0.25) is 14.5 Å². The summed E-state index contributed by atoms with van der Waals surface area (Å²) in [5, 5.41) is 0.742. The molecule has 4 nitrogen and oxygen atoms in total. The molecule has 0 saturated carbocycles. The SMILES string of the molecule is O=C1CS[C@@]2(C(=O)N(Cc3ccccc3)c3ccccc32)N1c1ccc(Cl)c(Cl)c1. The summed E-state index contributed by atoms with van der Waals surface area (Å²) in [6, 6.07) is 22.5. The van der Waals surface area contributed by atoms with Crippen molar-refractivity contribution in [3.8, 4) is 0 Å². The number of amides is 2. The average molecular weight is 455 g/mol. The zero-order valence-corrected chi connectivity index (χ0v) is 18.0. The molecule has 2 aliphatic heterocycles. The first-order valence-electron chi connectivity index (χ1n) is 9.40. The molecule has 2 heterocycles. The predicted molar refractivity (Wildman–Crippen MR) is 122 cm³/mol. The third-order valence-corrected chi connectivity index (χ3v) is 7.53. The van der Waals surface area contributed by atoms with Crippen LogP contribution in [0.2, 0.25) is 10.0 Å². The fourth-order valence-electron chi connectivity index (χ4n) is 4.10. The van der Waals surface area contributed by atoms with Gasteiger partial charge in [0.15, 0.2) is 0 Å². The third kappa shape index (κ3) is 2.84. The van der Waals surface area contributed by atoms with Crippen LogP contribution in [0.25, 0.3) is 0 Å². The van der Waals surface area contributed by atoms with E-state index in [-0.39, 0.29) is 17.6 Å². The van der Waals surface area contributed by atoms with E-state index >= 15 is 0 Å². The highest BCUT2D eigenvalue weighted by Crippen LogP contribution is 2.56. The van der Waals surface area contributed by atoms with Gasteiger partial charge in [0.05, 0.1) is 28.0 Å². The molecule has 0 bridgehead atoms. The summed E-state index contributed by atoms with van der Waals surface area (Å²) in [6.07, 6.45) is 0. The van der Waals surface area contributed by atoms with Gasteiger partial charge in [-0.05, 0) is 29.8 Å². The zero-order valence-electron chi connectivity index (χ0n) is 15.7. The minimum absolute atomic E-state index is 0.130. The van der Waals surface area contributed by atoms with Crippen molar-refractivity contribution in [1.82, 2.24) is 0 Å². The lowest BCUT2D eigenvalue weighted by Gasteiger charge is -2.33. The van der Waals surface area contributed by atoms with Crippen LogP contribution >= 0.6 is 35.0 Å². The van der Waals surface area contributed by atoms with Crippen LogP contribution < -0.4 is 9.80 Å². The summed E-state index contributed by atoms with van der Waals surface area (Å²) in [5.41, 5.74) is 3.21. The van der Waals surface area contributed by atoms with Gasteiger partial charge in [0.25, 0.3) is 5.91 Å². The Kier molecular flexibility index (Phi) is 4.77. The molecule has 1 saturated heterocycles. The number of benzene rings is 3. The van der Waals surface area contributed by atoms with E-state index in [4.69, 9.17) is 23.2 Å². The highest BCUT2D eigenvalue weighted by Gasteiger charge is 2.60. The van der Waals surface area contributed by atoms with Crippen LogP contribution in [0.4, 0.5) is 11.4 Å². The third-order valence-electron chi connectivity index (χ3n) is 5.41. The Morgan fingerprint density at radius 1 is 0.900 bits per heavy atom. The Morgan fingerprint density at radius 2 is 1.63 bits per heavy atom. The van der Waals surface area contributed by atoms with E-state index in [0.717, 1.165) is 16.8 Å². The molecule has 1 spiro atoms.